The fraction of sp³-hybridized carbons (Fsp3) is 0.391. The molecule has 2 rings (SSSR count). The molecule has 0 aliphatic carbocycles. The van der Waals surface area contributed by atoms with E-state index in [1.807, 2.05) is 39.8 Å². The van der Waals surface area contributed by atoms with E-state index in [-0.39, 0.29) is 11.8 Å². The Balaban J connectivity index is 2.32. The van der Waals surface area contributed by atoms with Gasteiger partial charge in [-0.2, -0.15) is 0 Å². The molecule has 29 heavy (non-hydrogen) atoms. The highest BCUT2D eigenvalue weighted by Gasteiger charge is 2.17. The number of carbonyl (C=O) groups excluding carboxylic acids is 2. The average Bonchev–Trinajstić information content (AvgIpc) is 2.70. The van der Waals surface area contributed by atoms with Gasteiger partial charge in [-0.05, 0) is 39.3 Å². The van der Waals surface area contributed by atoms with E-state index in [4.69, 9.17) is 9.47 Å². The molecule has 156 valence electrons. The third kappa shape index (κ3) is 6.52. The van der Waals surface area contributed by atoms with Crippen LogP contribution >= 0.6 is 0 Å². The van der Waals surface area contributed by atoms with Gasteiger partial charge in [0, 0.05) is 24.1 Å². The third-order valence-electron chi connectivity index (χ3n) is 4.27. The van der Waals surface area contributed by atoms with Gasteiger partial charge in [-0.25, -0.2) is 0 Å². The van der Waals surface area contributed by atoms with Crippen molar-refractivity contribution in [2.45, 2.75) is 47.0 Å². The number of hydrogen-bond donors (Lipinski definition) is 2. The Morgan fingerprint density at radius 1 is 0.862 bits per heavy atom. The molecule has 2 aromatic carbocycles. The largest absolute Gasteiger partial charge is 0.492 e. The zero-order chi connectivity index (χ0) is 21.2. The molecule has 6 nitrogen and oxygen atoms in total. The van der Waals surface area contributed by atoms with Gasteiger partial charge >= 0.3 is 0 Å². The van der Waals surface area contributed by atoms with E-state index in [1.165, 1.54) is 0 Å². The number of hydrogen-bond acceptors (Lipinski definition) is 4. The molecule has 0 aromatic heterocycles. The highest BCUT2D eigenvalue weighted by molar-refractivity contribution is 6.05. The summed E-state index contributed by atoms with van der Waals surface area (Å²) in [4.78, 5) is 24.8. The second-order valence-electron chi connectivity index (χ2n) is 6.68. The highest BCUT2D eigenvalue weighted by atomic mass is 16.5. The predicted molar refractivity (Wildman–Crippen MR) is 116 cm³/mol. The van der Waals surface area contributed by atoms with Crippen LogP contribution in [0.15, 0.2) is 36.4 Å². The first-order chi connectivity index (χ1) is 14.0. The van der Waals surface area contributed by atoms with Crippen LogP contribution in [-0.4, -0.2) is 25.0 Å². The number of carbonyl (C=O) groups is 2. The van der Waals surface area contributed by atoms with E-state index in [0.29, 0.717) is 48.1 Å². The van der Waals surface area contributed by atoms with Gasteiger partial charge in [0.05, 0.1) is 24.6 Å². The number of rotatable bonds is 10. The molecular formula is C23H30N2O4. The SMILES string of the molecule is CCCCC(=O)Nc1cc(OCC)c(NC(=O)c2ccc(C)cc2)cc1OCC. The van der Waals surface area contributed by atoms with Crippen LogP contribution in [-0.2, 0) is 4.79 Å². The first-order valence-corrected chi connectivity index (χ1v) is 10.1. The maximum atomic E-state index is 12.7. The lowest BCUT2D eigenvalue weighted by Gasteiger charge is -2.18. The lowest BCUT2D eigenvalue weighted by molar-refractivity contribution is -0.116. The van der Waals surface area contributed by atoms with Crippen LogP contribution in [0.4, 0.5) is 11.4 Å². The van der Waals surface area contributed by atoms with Crippen LogP contribution in [0.3, 0.4) is 0 Å². The van der Waals surface area contributed by atoms with Crippen molar-refractivity contribution < 1.29 is 19.1 Å². The maximum Gasteiger partial charge on any atom is 0.255 e. The van der Waals surface area contributed by atoms with Crippen LogP contribution in [0.1, 0.15) is 56.0 Å². The van der Waals surface area contributed by atoms with Crippen molar-refractivity contribution in [3.8, 4) is 11.5 Å². The Bertz CT molecular complexity index is 832. The van der Waals surface area contributed by atoms with Gasteiger partial charge in [0.15, 0.2) is 0 Å². The molecule has 0 bridgehead atoms. The van der Waals surface area contributed by atoms with E-state index < -0.39 is 0 Å². The third-order valence-corrected chi connectivity index (χ3v) is 4.27. The van der Waals surface area contributed by atoms with Crippen LogP contribution in [0.5, 0.6) is 11.5 Å². The number of aryl methyl sites for hydroxylation is 1. The van der Waals surface area contributed by atoms with Gasteiger partial charge in [0.1, 0.15) is 11.5 Å². The number of anilines is 2. The normalized spacial score (nSPS) is 10.3. The quantitative estimate of drug-likeness (QED) is 0.579. The number of ether oxygens (including phenoxy) is 2. The van der Waals surface area contributed by atoms with Crippen LogP contribution < -0.4 is 20.1 Å². The lowest BCUT2D eigenvalue weighted by Crippen LogP contribution is -2.15. The minimum absolute atomic E-state index is 0.0771. The summed E-state index contributed by atoms with van der Waals surface area (Å²) in [7, 11) is 0. The van der Waals surface area contributed by atoms with E-state index >= 15 is 0 Å². The fourth-order valence-electron chi connectivity index (χ4n) is 2.75. The molecule has 2 N–H and O–H groups in total. The summed E-state index contributed by atoms with van der Waals surface area (Å²) < 4.78 is 11.4. The van der Waals surface area contributed by atoms with E-state index in [1.54, 1.807) is 24.3 Å². The first-order valence-electron chi connectivity index (χ1n) is 10.1. The van der Waals surface area contributed by atoms with Crippen LogP contribution in [0.2, 0.25) is 0 Å². The Morgan fingerprint density at radius 3 is 1.93 bits per heavy atom. The number of nitrogens with one attached hydrogen (secondary N) is 2. The number of amides is 2. The lowest BCUT2D eigenvalue weighted by atomic mass is 10.1. The molecule has 6 heteroatoms. The average molecular weight is 399 g/mol. The Morgan fingerprint density at radius 2 is 1.41 bits per heavy atom. The monoisotopic (exact) mass is 398 g/mol. The smallest absolute Gasteiger partial charge is 0.255 e. The van der Waals surface area contributed by atoms with Gasteiger partial charge in [0.2, 0.25) is 5.91 Å². The topological polar surface area (TPSA) is 76.7 Å². The summed E-state index contributed by atoms with van der Waals surface area (Å²) in [6.45, 7) is 8.58. The molecule has 2 aromatic rings. The summed E-state index contributed by atoms with van der Waals surface area (Å²) in [6.07, 6.45) is 2.21. The molecule has 0 radical (unpaired) electrons. The molecule has 0 fully saturated rings. The minimum atomic E-state index is -0.242. The molecule has 0 saturated heterocycles. The van der Waals surface area contributed by atoms with Crippen molar-refractivity contribution in [2.75, 3.05) is 23.8 Å². The molecule has 0 heterocycles. The summed E-state index contributed by atoms with van der Waals surface area (Å²) in [5.74, 6) is 0.641. The van der Waals surface area contributed by atoms with Gasteiger partial charge < -0.3 is 20.1 Å². The van der Waals surface area contributed by atoms with E-state index in [2.05, 4.69) is 10.6 Å². The molecule has 0 unspecified atom stereocenters. The molecule has 0 saturated carbocycles. The minimum Gasteiger partial charge on any atom is -0.492 e. The molecule has 0 atom stereocenters. The Hall–Kier alpha value is -3.02. The molecule has 2 amide bonds. The van der Waals surface area contributed by atoms with Gasteiger partial charge in [-0.15, -0.1) is 0 Å². The second-order valence-corrected chi connectivity index (χ2v) is 6.68. The van der Waals surface area contributed by atoms with Gasteiger partial charge in [0.25, 0.3) is 5.91 Å². The maximum absolute atomic E-state index is 12.7. The predicted octanol–water partition coefficient (Wildman–Crippen LogP) is 5.17. The Labute approximate surface area is 172 Å². The molecule has 0 spiro atoms. The van der Waals surface area contributed by atoms with Gasteiger partial charge in [-0.1, -0.05) is 31.0 Å². The standard InChI is InChI=1S/C23H30N2O4/c1-5-8-9-22(26)24-18-14-21(29-7-3)19(15-20(18)28-6-2)25-23(27)17-12-10-16(4)11-13-17/h10-15H,5-9H2,1-4H3,(H,24,26)(H,25,27). The molecular weight excluding hydrogens is 368 g/mol. The van der Waals surface area contributed by atoms with Crippen molar-refractivity contribution in [3.63, 3.8) is 0 Å². The highest BCUT2D eigenvalue weighted by Crippen LogP contribution is 2.37. The van der Waals surface area contributed by atoms with Crippen LogP contribution in [0, 0.1) is 6.92 Å². The van der Waals surface area contributed by atoms with Crippen molar-refractivity contribution in [1.29, 1.82) is 0 Å². The summed E-state index contributed by atoms with van der Waals surface area (Å²) in [5.41, 5.74) is 2.66. The number of unbranched alkanes of at least 4 members (excludes halogenated alkanes) is 1. The number of benzene rings is 2. The zero-order valence-corrected chi connectivity index (χ0v) is 17.6. The van der Waals surface area contributed by atoms with Gasteiger partial charge in [-0.3, -0.25) is 9.59 Å². The van der Waals surface area contributed by atoms with E-state index in [9.17, 15) is 9.59 Å². The fourth-order valence-corrected chi connectivity index (χ4v) is 2.75. The van der Waals surface area contributed by atoms with Crippen molar-refractivity contribution in [3.05, 3.63) is 47.5 Å². The van der Waals surface area contributed by atoms with Crippen molar-refractivity contribution >= 4 is 23.2 Å². The van der Waals surface area contributed by atoms with Crippen LogP contribution in [0.25, 0.3) is 0 Å². The summed E-state index contributed by atoms with van der Waals surface area (Å²) in [5, 5.41) is 5.78. The molecule has 0 aliphatic heterocycles. The van der Waals surface area contributed by atoms with Crippen molar-refractivity contribution in [1.82, 2.24) is 0 Å². The second kappa shape index (κ2) is 11.1. The zero-order valence-electron chi connectivity index (χ0n) is 17.6. The summed E-state index contributed by atoms with van der Waals surface area (Å²) in [6, 6.07) is 10.7. The van der Waals surface area contributed by atoms with E-state index in [0.717, 1.165) is 18.4 Å². The molecule has 0 aliphatic rings. The Kier molecular flexibility index (Phi) is 8.52. The summed E-state index contributed by atoms with van der Waals surface area (Å²) >= 11 is 0. The van der Waals surface area contributed by atoms with Crippen molar-refractivity contribution in [2.24, 2.45) is 0 Å². The first kappa shape index (κ1) is 22.3.